The molecule has 0 aliphatic rings. The highest BCUT2D eigenvalue weighted by Gasteiger charge is 2.13. The minimum absolute atomic E-state index is 0.0764. The Morgan fingerprint density at radius 3 is 2.19 bits per heavy atom. The number of rotatable bonds is 7. The number of carbonyl (C=O) groups is 2. The summed E-state index contributed by atoms with van der Waals surface area (Å²) in [4.78, 5) is 29.6. The second-order valence-corrected chi connectivity index (χ2v) is 7.58. The third-order valence-electron chi connectivity index (χ3n) is 4.63. The third kappa shape index (κ3) is 4.87. The number of ketones is 1. The van der Waals surface area contributed by atoms with Crippen molar-refractivity contribution in [1.29, 1.82) is 0 Å². The van der Waals surface area contributed by atoms with Crippen LogP contribution >= 0.6 is 11.3 Å². The zero-order chi connectivity index (χ0) is 21.6. The summed E-state index contributed by atoms with van der Waals surface area (Å²) >= 11 is 1.36. The van der Waals surface area contributed by atoms with Gasteiger partial charge in [-0.15, -0.1) is 11.3 Å². The fourth-order valence-corrected chi connectivity index (χ4v) is 3.77. The number of benzene rings is 3. The molecule has 0 atom stereocenters. The molecule has 154 valence electrons. The van der Waals surface area contributed by atoms with E-state index in [1.807, 2.05) is 54.8 Å². The molecule has 4 aromatic rings. The van der Waals surface area contributed by atoms with Crippen LogP contribution in [0.25, 0.3) is 11.3 Å². The van der Waals surface area contributed by atoms with E-state index in [2.05, 4.69) is 10.3 Å². The predicted molar refractivity (Wildman–Crippen MR) is 123 cm³/mol. The molecule has 6 heteroatoms. The number of amides is 1. The number of nitrogens with zero attached hydrogens (tertiary/aromatic N) is 1. The summed E-state index contributed by atoms with van der Waals surface area (Å²) in [5, 5.41) is 5.23. The number of carbonyl (C=O) groups excluding carboxylic acids is 2. The molecule has 1 aromatic heterocycles. The van der Waals surface area contributed by atoms with E-state index >= 15 is 0 Å². The summed E-state index contributed by atoms with van der Waals surface area (Å²) in [7, 11) is 0. The molecular formula is C25H20N2O3S. The van der Waals surface area contributed by atoms with Crippen molar-refractivity contribution in [3.8, 4) is 17.0 Å². The third-order valence-corrected chi connectivity index (χ3v) is 5.39. The Bertz CT molecular complexity index is 1180. The van der Waals surface area contributed by atoms with Crippen molar-refractivity contribution in [2.75, 3.05) is 11.9 Å². The molecule has 0 radical (unpaired) electrons. The van der Waals surface area contributed by atoms with E-state index in [9.17, 15) is 9.59 Å². The second kappa shape index (κ2) is 9.36. The first kappa shape index (κ1) is 20.5. The zero-order valence-corrected chi connectivity index (χ0v) is 17.7. The Labute approximate surface area is 184 Å². The lowest BCUT2D eigenvalue weighted by Crippen LogP contribution is -2.12. The molecule has 31 heavy (non-hydrogen) atoms. The summed E-state index contributed by atoms with van der Waals surface area (Å²) in [6.45, 7) is 2.56. The summed E-state index contributed by atoms with van der Waals surface area (Å²) in [5.41, 5.74) is 3.35. The monoisotopic (exact) mass is 428 g/mol. The molecule has 0 spiro atoms. The van der Waals surface area contributed by atoms with E-state index < -0.39 is 0 Å². The highest BCUT2D eigenvalue weighted by molar-refractivity contribution is 7.14. The van der Waals surface area contributed by atoms with Gasteiger partial charge >= 0.3 is 0 Å². The number of thiazole rings is 1. The topological polar surface area (TPSA) is 68.3 Å². The predicted octanol–water partition coefficient (Wildman–Crippen LogP) is 5.69. The molecule has 0 unspecified atom stereocenters. The maximum absolute atomic E-state index is 12.6. The fraction of sp³-hybridized carbons (Fsp3) is 0.0800. The van der Waals surface area contributed by atoms with Crippen LogP contribution in [0.3, 0.4) is 0 Å². The molecule has 0 fully saturated rings. The van der Waals surface area contributed by atoms with Gasteiger partial charge in [0.1, 0.15) is 5.75 Å². The van der Waals surface area contributed by atoms with Gasteiger partial charge in [-0.2, -0.15) is 0 Å². The highest BCUT2D eigenvalue weighted by atomic mass is 32.1. The van der Waals surface area contributed by atoms with Crippen molar-refractivity contribution in [2.45, 2.75) is 6.92 Å². The van der Waals surface area contributed by atoms with Crippen LogP contribution in [-0.2, 0) is 0 Å². The van der Waals surface area contributed by atoms with Crippen LogP contribution in [-0.4, -0.2) is 23.3 Å². The van der Waals surface area contributed by atoms with Crippen molar-refractivity contribution in [2.24, 2.45) is 0 Å². The van der Waals surface area contributed by atoms with Crippen LogP contribution < -0.4 is 10.1 Å². The van der Waals surface area contributed by atoms with Crippen LogP contribution in [0.4, 0.5) is 5.13 Å². The fourth-order valence-electron chi connectivity index (χ4n) is 3.05. The summed E-state index contributed by atoms with van der Waals surface area (Å²) < 4.78 is 5.46. The van der Waals surface area contributed by atoms with Crippen LogP contribution in [0.5, 0.6) is 5.75 Å². The number of ether oxygens (including phenoxy) is 1. The van der Waals surface area contributed by atoms with Crippen LogP contribution in [0.1, 0.15) is 33.2 Å². The van der Waals surface area contributed by atoms with Gasteiger partial charge in [0.25, 0.3) is 5.91 Å². The normalized spacial score (nSPS) is 10.5. The lowest BCUT2D eigenvalue weighted by molar-refractivity contribution is 0.102. The van der Waals surface area contributed by atoms with E-state index in [-0.39, 0.29) is 11.7 Å². The van der Waals surface area contributed by atoms with Gasteiger partial charge in [0.15, 0.2) is 10.9 Å². The van der Waals surface area contributed by atoms with Gasteiger partial charge in [0.2, 0.25) is 0 Å². The maximum Gasteiger partial charge on any atom is 0.257 e. The van der Waals surface area contributed by atoms with E-state index in [0.29, 0.717) is 28.4 Å². The number of hydrogen-bond donors (Lipinski definition) is 1. The van der Waals surface area contributed by atoms with Gasteiger partial charge in [-0.3, -0.25) is 14.9 Å². The van der Waals surface area contributed by atoms with Gasteiger partial charge in [-0.05, 0) is 43.3 Å². The zero-order valence-electron chi connectivity index (χ0n) is 16.9. The molecule has 0 aliphatic heterocycles. The Balaban J connectivity index is 1.42. The lowest BCUT2D eigenvalue weighted by Gasteiger charge is -2.05. The first-order valence-electron chi connectivity index (χ1n) is 9.84. The van der Waals surface area contributed by atoms with Crippen LogP contribution in [0.15, 0.2) is 84.2 Å². The van der Waals surface area contributed by atoms with Gasteiger partial charge < -0.3 is 4.74 Å². The molecule has 1 amide bonds. The molecule has 1 N–H and O–H groups in total. The molecule has 3 aromatic carbocycles. The number of anilines is 1. The number of hydrogen-bond acceptors (Lipinski definition) is 5. The SMILES string of the molecule is CCOc1ccc(-c2csc(NC(=O)c3ccc(C(=O)c4ccccc4)cc3)n2)cc1. The average Bonchev–Trinajstić information content (AvgIpc) is 3.28. The molecule has 1 heterocycles. The standard InChI is InChI=1S/C25H20N2O3S/c1-2-30-21-14-12-17(13-15-21)22-16-31-25(26-22)27-24(29)20-10-8-19(9-11-20)23(28)18-6-4-3-5-7-18/h3-16H,2H2,1H3,(H,26,27,29). The minimum Gasteiger partial charge on any atom is -0.494 e. The second-order valence-electron chi connectivity index (χ2n) is 6.72. The first-order chi connectivity index (χ1) is 15.1. The van der Waals surface area contributed by atoms with E-state index in [0.717, 1.165) is 17.0 Å². The molecule has 0 aliphatic carbocycles. The van der Waals surface area contributed by atoms with Crippen molar-refractivity contribution in [3.63, 3.8) is 0 Å². The van der Waals surface area contributed by atoms with Gasteiger partial charge in [-0.1, -0.05) is 42.5 Å². The Morgan fingerprint density at radius 2 is 1.52 bits per heavy atom. The van der Waals surface area contributed by atoms with Crippen molar-refractivity contribution >= 4 is 28.2 Å². The van der Waals surface area contributed by atoms with E-state index in [4.69, 9.17) is 4.74 Å². The summed E-state index contributed by atoms with van der Waals surface area (Å²) in [5.74, 6) is 0.461. The number of aromatic nitrogens is 1. The van der Waals surface area contributed by atoms with Crippen molar-refractivity contribution < 1.29 is 14.3 Å². The van der Waals surface area contributed by atoms with E-state index in [1.54, 1.807) is 36.4 Å². The quantitative estimate of drug-likeness (QED) is 0.384. The largest absolute Gasteiger partial charge is 0.494 e. The Morgan fingerprint density at radius 1 is 0.871 bits per heavy atom. The van der Waals surface area contributed by atoms with Crippen LogP contribution in [0.2, 0.25) is 0 Å². The van der Waals surface area contributed by atoms with Gasteiger partial charge in [0, 0.05) is 27.6 Å². The first-order valence-corrected chi connectivity index (χ1v) is 10.7. The van der Waals surface area contributed by atoms with Gasteiger partial charge in [-0.25, -0.2) is 4.98 Å². The lowest BCUT2D eigenvalue weighted by atomic mass is 10.0. The van der Waals surface area contributed by atoms with Gasteiger partial charge in [0.05, 0.1) is 12.3 Å². The summed E-state index contributed by atoms with van der Waals surface area (Å²) in [6.07, 6.45) is 0. The Kier molecular flexibility index (Phi) is 6.19. The van der Waals surface area contributed by atoms with Crippen molar-refractivity contribution in [3.05, 3.63) is 101 Å². The molecule has 5 nitrogen and oxygen atoms in total. The van der Waals surface area contributed by atoms with Crippen LogP contribution in [0, 0.1) is 0 Å². The minimum atomic E-state index is -0.272. The summed E-state index contributed by atoms with van der Waals surface area (Å²) in [6, 6.07) is 23.3. The molecule has 0 saturated carbocycles. The molecule has 0 saturated heterocycles. The molecule has 4 rings (SSSR count). The maximum atomic E-state index is 12.6. The average molecular weight is 429 g/mol. The Hall–Kier alpha value is -3.77. The molecule has 0 bridgehead atoms. The highest BCUT2D eigenvalue weighted by Crippen LogP contribution is 2.27. The smallest absolute Gasteiger partial charge is 0.257 e. The van der Waals surface area contributed by atoms with Crippen molar-refractivity contribution in [1.82, 2.24) is 4.98 Å². The number of nitrogens with one attached hydrogen (secondary N) is 1. The molecular weight excluding hydrogens is 408 g/mol. The van der Waals surface area contributed by atoms with E-state index in [1.165, 1.54) is 11.3 Å².